The molecule has 0 aliphatic carbocycles. The van der Waals surface area contributed by atoms with E-state index < -0.39 is 11.9 Å². The van der Waals surface area contributed by atoms with Crippen LogP contribution in [0.25, 0.3) is 0 Å². The monoisotopic (exact) mass is 411 g/mol. The average molecular weight is 412 g/mol. The van der Waals surface area contributed by atoms with E-state index >= 15 is 0 Å². The molecule has 0 aromatic heterocycles. The van der Waals surface area contributed by atoms with Gasteiger partial charge in [0, 0.05) is 16.9 Å². The molecule has 1 spiro atoms. The molecule has 1 fully saturated rings. The highest BCUT2D eigenvalue weighted by Crippen LogP contribution is 2.60. The second kappa shape index (κ2) is 9.29. The molecule has 1 unspecified atom stereocenters. The third-order valence-corrected chi connectivity index (χ3v) is 7.15. The van der Waals surface area contributed by atoms with Crippen molar-refractivity contribution in [3.05, 3.63) is 82.9 Å². The van der Waals surface area contributed by atoms with Crippen LogP contribution in [0.2, 0.25) is 0 Å². The molecule has 2 aliphatic heterocycles. The Kier molecular flexibility index (Phi) is 6.77. The van der Waals surface area contributed by atoms with Crippen LogP contribution >= 0.6 is 11.8 Å². The van der Waals surface area contributed by atoms with Crippen LogP contribution in [0.15, 0.2) is 60.7 Å². The molecule has 0 saturated carbocycles. The zero-order chi connectivity index (χ0) is 20.9. The van der Waals surface area contributed by atoms with Gasteiger partial charge in [-0.05, 0) is 55.1 Å². The average Bonchev–Trinajstić information content (AvgIpc) is 3.02. The van der Waals surface area contributed by atoms with E-state index in [0.29, 0.717) is 22.1 Å². The first kappa shape index (κ1) is 21.1. The quantitative estimate of drug-likeness (QED) is 0.659. The molecule has 3 N–H and O–H groups in total. The number of nitrogens with one attached hydrogen (secondary N) is 1. The molecule has 2 heterocycles. The molecule has 2 aliphatic rings. The summed E-state index contributed by atoms with van der Waals surface area (Å²) in [5.41, 5.74) is 6.03. The molecule has 152 valence electrons. The predicted molar refractivity (Wildman–Crippen MR) is 115 cm³/mol. The van der Waals surface area contributed by atoms with Crippen molar-refractivity contribution < 1.29 is 19.8 Å². The molecule has 2 aromatic rings. The number of hydrogen-bond donors (Lipinski definition) is 3. The Balaban J connectivity index is 0.000000258. The zero-order valence-electron chi connectivity index (χ0n) is 16.3. The first-order valence-electron chi connectivity index (χ1n) is 9.60. The first-order valence-corrected chi connectivity index (χ1v) is 10.5. The molecular weight excluding hydrogens is 386 g/mol. The van der Waals surface area contributed by atoms with Gasteiger partial charge in [-0.1, -0.05) is 48.5 Å². The summed E-state index contributed by atoms with van der Waals surface area (Å²) in [6.07, 6.45) is 3.61. The number of carboxylic acids is 2. The summed E-state index contributed by atoms with van der Waals surface area (Å²) < 4.78 is 0.328. The normalized spacial score (nSPS) is 19.4. The lowest BCUT2D eigenvalue weighted by molar-refractivity contribution is -0.134. The summed E-state index contributed by atoms with van der Waals surface area (Å²) in [6, 6.07) is 18.0. The van der Waals surface area contributed by atoms with Gasteiger partial charge in [-0.15, -0.1) is 11.8 Å². The van der Waals surface area contributed by atoms with E-state index in [1.165, 1.54) is 24.0 Å². The van der Waals surface area contributed by atoms with Crippen molar-refractivity contribution in [3.63, 3.8) is 0 Å². The molecule has 2 aromatic carbocycles. The molecule has 6 heteroatoms. The summed E-state index contributed by atoms with van der Waals surface area (Å²) in [5, 5.41) is 19.6. The summed E-state index contributed by atoms with van der Waals surface area (Å²) in [6.45, 7) is 4.52. The van der Waals surface area contributed by atoms with Crippen molar-refractivity contribution in [2.24, 2.45) is 0 Å². The van der Waals surface area contributed by atoms with Crippen LogP contribution in [-0.4, -0.2) is 35.2 Å². The number of thioether (sulfide) groups is 1. The minimum atomic E-state index is -1.26. The number of carbonyl (C=O) groups is 2. The highest BCUT2D eigenvalue weighted by atomic mass is 32.2. The lowest BCUT2D eigenvalue weighted by Gasteiger charge is -2.34. The SMILES string of the molecule is Cc1ccccc1C1SC2(CCNCC2)c2ccccc21.O=C(O)/C=C\C(=O)O. The Morgan fingerprint density at radius 1 is 0.966 bits per heavy atom. The summed E-state index contributed by atoms with van der Waals surface area (Å²) in [7, 11) is 0. The van der Waals surface area contributed by atoms with Gasteiger partial charge in [0.2, 0.25) is 0 Å². The molecule has 5 nitrogen and oxygen atoms in total. The van der Waals surface area contributed by atoms with E-state index in [4.69, 9.17) is 10.2 Å². The van der Waals surface area contributed by atoms with Crippen LogP contribution in [0, 0.1) is 6.92 Å². The number of aryl methyl sites for hydroxylation is 1. The van der Waals surface area contributed by atoms with E-state index in [2.05, 4.69) is 72.5 Å². The van der Waals surface area contributed by atoms with Crippen molar-refractivity contribution in [2.45, 2.75) is 29.8 Å². The Morgan fingerprint density at radius 3 is 2.10 bits per heavy atom. The van der Waals surface area contributed by atoms with Crippen molar-refractivity contribution in [1.82, 2.24) is 5.32 Å². The Bertz CT molecular complexity index is 903. The highest BCUT2D eigenvalue weighted by molar-refractivity contribution is 8.01. The molecule has 0 bridgehead atoms. The maximum absolute atomic E-state index is 9.55. The lowest BCUT2D eigenvalue weighted by atomic mass is 9.85. The van der Waals surface area contributed by atoms with E-state index in [1.54, 1.807) is 11.1 Å². The van der Waals surface area contributed by atoms with Crippen molar-refractivity contribution >= 4 is 23.7 Å². The minimum absolute atomic E-state index is 0.328. The van der Waals surface area contributed by atoms with E-state index in [-0.39, 0.29) is 0 Å². The molecular formula is C23H25NO4S. The van der Waals surface area contributed by atoms with Crippen LogP contribution in [0.5, 0.6) is 0 Å². The van der Waals surface area contributed by atoms with Crippen molar-refractivity contribution in [2.75, 3.05) is 13.1 Å². The van der Waals surface area contributed by atoms with Crippen LogP contribution in [0.4, 0.5) is 0 Å². The fourth-order valence-electron chi connectivity index (χ4n) is 3.97. The summed E-state index contributed by atoms with van der Waals surface area (Å²) in [4.78, 5) is 19.1. The predicted octanol–water partition coefficient (Wildman–Crippen LogP) is 4.12. The van der Waals surface area contributed by atoms with E-state index in [0.717, 1.165) is 13.1 Å². The Hall–Kier alpha value is -2.57. The number of piperidine rings is 1. The maximum Gasteiger partial charge on any atom is 0.328 e. The van der Waals surface area contributed by atoms with Gasteiger partial charge in [0.15, 0.2) is 0 Å². The van der Waals surface area contributed by atoms with E-state index in [1.807, 2.05) is 0 Å². The standard InChI is InChI=1S/C19H21NS.C4H4O4/c1-14-6-2-3-7-15(14)18-16-8-4-5-9-17(16)19(21-18)10-12-20-13-11-19;5-3(6)1-2-4(7)8/h2-9,18,20H,10-13H2,1H3;1-2H,(H,5,6)(H,7,8)/b;2-1-. The summed E-state index contributed by atoms with van der Waals surface area (Å²) >= 11 is 2.19. The Labute approximate surface area is 174 Å². The smallest absolute Gasteiger partial charge is 0.328 e. The van der Waals surface area contributed by atoms with Crippen molar-refractivity contribution in [3.8, 4) is 0 Å². The minimum Gasteiger partial charge on any atom is -0.478 e. The first-order chi connectivity index (χ1) is 13.9. The second-order valence-corrected chi connectivity index (χ2v) is 8.68. The van der Waals surface area contributed by atoms with Crippen LogP contribution in [0.1, 0.15) is 40.3 Å². The fraction of sp³-hybridized carbons (Fsp3) is 0.304. The molecule has 0 radical (unpaired) electrons. The van der Waals surface area contributed by atoms with Gasteiger partial charge < -0.3 is 15.5 Å². The largest absolute Gasteiger partial charge is 0.478 e. The van der Waals surface area contributed by atoms with Gasteiger partial charge in [0.05, 0.1) is 5.25 Å². The molecule has 1 saturated heterocycles. The Morgan fingerprint density at radius 2 is 1.52 bits per heavy atom. The van der Waals surface area contributed by atoms with Crippen LogP contribution in [-0.2, 0) is 14.3 Å². The highest BCUT2D eigenvalue weighted by Gasteiger charge is 2.45. The van der Waals surface area contributed by atoms with Gasteiger partial charge in [-0.25, -0.2) is 9.59 Å². The number of fused-ring (bicyclic) bond motifs is 2. The van der Waals surface area contributed by atoms with Gasteiger partial charge in [0.25, 0.3) is 0 Å². The molecule has 1 atom stereocenters. The lowest BCUT2D eigenvalue weighted by Crippen LogP contribution is -2.36. The topological polar surface area (TPSA) is 86.6 Å². The van der Waals surface area contributed by atoms with Gasteiger partial charge in [-0.3, -0.25) is 0 Å². The molecule has 4 rings (SSSR count). The maximum atomic E-state index is 9.55. The zero-order valence-corrected chi connectivity index (χ0v) is 17.1. The molecule has 0 amide bonds. The molecule has 29 heavy (non-hydrogen) atoms. The van der Waals surface area contributed by atoms with Gasteiger partial charge in [-0.2, -0.15) is 0 Å². The number of rotatable bonds is 3. The number of benzene rings is 2. The second-order valence-electron chi connectivity index (χ2n) is 7.20. The van der Waals surface area contributed by atoms with Gasteiger partial charge in [0.1, 0.15) is 0 Å². The number of hydrogen-bond acceptors (Lipinski definition) is 4. The van der Waals surface area contributed by atoms with Crippen molar-refractivity contribution in [1.29, 1.82) is 0 Å². The summed E-state index contributed by atoms with van der Waals surface area (Å²) in [5.74, 6) is -2.51. The van der Waals surface area contributed by atoms with Gasteiger partial charge >= 0.3 is 11.9 Å². The van der Waals surface area contributed by atoms with Crippen LogP contribution < -0.4 is 5.32 Å². The number of aliphatic carboxylic acids is 2. The van der Waals surface area contributed by atoms with E-state index in [9.17, 15) is 9.59 Å². The van der Waals surface area contributed by atoms with Crippen LogP contribution in [0.3, 0.4) is 0 Å². The third-order valence-electron chi connectivity index (χ3n) is 5.33. The third kappa shape index (κ3) is 4.89. The number of carboxylic acid groups (broad SMARTS) is 2. The fourth-order valence-corrected chi connectivity index (χ4v) is 5.89.